The van der Waals surface area contributed by atoms with Crippen molar-refractivity contribution in [2.24, 2.45) is 0 Å². The van der Waals surface area contributed by atoms with E-state index in [1.54, 1.807) is 0 Å². The fourth-order valence-corrected chi connectivity index (χ4v) is 2.92. The van der Waals surface area contributed by atoms with Crippen LogP contribution < -0.4 is 5.32 Å². The van der Waals surface area contributed by atoms with Crippen molar-refractivity contribution in [3.8, 4) is 11.1 Å². The maximum atomic E-state index is 4.71. The summed E-state index contributed by atoms with van der Waals surface area (Å²) >= 11 is 0. The number of imidazole rings is 1. The lowest BCUT2D eigenvalue weighted by Gasteiger charge is -2.04. The summed E-state index contributed by atoms with van der Waals surface area (Å²) in [5, 5.41) is 3.49. The summed E-state index contributed by atoms with van der Waals surface area (Å²) in [5.41, 5.74) is 4.64. The third kappa shape index (κ3) is 2.00. The minimum Gasteiger partial charge on any atom is -0.341 e. The van der Waals surface area contributed by atoms with Crippen molar-refractivity contribution >= 4 is 11.0 Å². The summed E-state index contributed by atoms with van der Waals surface area (Å²) in [5.74, 6) is 1.07. The lowest BCUT2D eigenvalue weighted by atomic mass is 10.1. The van der Waals surface area contributed by atoms with Gasteiger partial charge < -0.3 is 10.3 Å². The zero-order chi connectivity index (χ0) is 13.4. The van der Waals surface area contributed by atoms with Crippen molar-refractivity contribution in [1.82, 2.24) is 15.3 Å². The highest BCUT2D eigenvalue weighted by Gasteiger charge is 2.19. The van der Waals surface area contributed by atoms with Crippen molar-refractivity contribution in [2.45, 2.75) is 18.9 Å². The van der Waals surface area contributed by atoms with Crippen molar-refractivity contribution in [3.05, 3.63) is 54.4 Å². The second kappa shape index (κ2) is 4.76. The molecule has 1 unspecified atom stereocenters. The van der Waals surface area contributed by atoms with Crippen LogP contribution in [0.5, 0.6) is 0 Å². The second-order valence-electron chi connectivity index (χ2n) is 5.37. The van der Waals surface area contributed by atoms with E-state index in [0.29, 0.717) is 6.04 Å². The molecule has 100 valence electrons. The summed E-state index contributed by atoms with van der Waals surface area (Å²) < 4.78 is 0. The Kier molecular flexibility index (Phi) is 2.78. The molecule has 20 heavy (non-hydrogen) atoms. The maximum absolute atomic E-state index is 4.71. The molecular formula is C17H17N3. The van der Waals surface area contributed by atoms with Crippen LogP contribution in [0.25, 0.3) is 22.2 Å². The predicted octanol–water partition coefficient (Wildman–Crippen LogP) is 3.65. The molecule has 1 aromatic heterocycles. The quantitative estimate of drug-likeness (QED) is 0.741. The number of fused-ring (bicyclic) bond motifs is 1. The molecule has 1 saturated heterocycles. The molecule has 1 atom stereocenters. The Hall–Kier alpha value is -2.13. The van der Waals surface area contributed by atoms with Gasteiger partial charge in [0.05, 0.1) is 17.1 Å². The van der Waals surface area contributed by atoms with Crippen LogP contribution in [0, 0.1) is 0 Å². The Morgan fingerprint density at radius 2 is 1.90 bits per heavy atom. The Bertz CT molecular complexity index is 724. The number of hydrogen-bond acceptors (Lipinski definition) is 2. The molecule has 0 saturated carbocycles. The van der Waals surface area contributed by atoms with Crippen molar-refractivity contribution < 1.29 is 0 Å². The van der Waals surface area contributed by atoms with Gasteiger partial charge in [-0.15, -0.1) is 0 Å². The number of H-pyrrole nitrogens is 1. The van der Waals surface area contributed by atoms with Gasteiger partial charge in [-0.2, -0.15) is 0 Å². The number of benzene rings is 2. The Morgan fingerprint density at radius 1 is 1.00 bits per heavy atom. The van der Waals surface area contributed by atoms with Gasteiger partial charge in [-0.1, -0.05) is 36.4 Å². The van der Waals surface area contributed by atoms with Crippen LogP contribution in [0.15, 0.2) is 48.5 Å². The number of nitrogens with zero attached hydrogens (tertiary/aromatic N) is 1. The molecule has 1 aliphatic rings. The summed E-state index contributed by atoms with van der Waals surface area (Å²) in [6.07, 6.45) is 2.41. The number of nitrogens with one attached hydrogen (secondary N) is 2. The van der Waals surface area contributed by atoms with Gasteiger partial charge in [0.1, 0.15) is 5.82 Å². The first-order chi connectivity index (χ1) is 9.90. The van der Waals surface area contributed by atoms with E-state index >= 15 is 0 Å². The summed E-state index contributed by atoms with van der Waals surface area (Å²) in [6, 6.07) is 17.3. The van der Waals surface area contributed by atoms with Gasteiger partial charge in [0, 0.05) is 0 Å². The van der Waals surface area contributed by atoms with Gasteiger partial charge in [0.15, 0.2) is 0 Å². The zero-order valence-electron chi connectivity index (χ0n) is 11.3. The molecule has 0 aliphatic carbocycles. The van der Waals surface area contributed by atoms with Crippen LogP contribution >= 0.6 is 0 Å². The summed E-state index contributed by atoms with van der Waals surface area (Å²) in [4.78, 5) is 8.19. The molecule has 0 bridgehead atoms. The fourth-order valence-electron chi connectivity index (χ4n) is 2.92. The monoisotopic (exact) mass is 263 g/mol. The first kappa shape index (κ1) is 11.7. The van der Waals surface area contributed by atoms with Gasteiger partial charge >= 0.3 is 0 Å². The smallest absolute Gasteiger partial charge is 0.124 e. The first-order valence-electron chi connectivity index (χ1n) is 7.19. The topological polar surface area (TPSA) is 40.7 Å². The van der Waals surface area contributed by atoms with Gasteiger partial charge in [-0.3, -0.25) is 0 Å². The highest BCUT2D eigenvalue weighted by Crippen LogP contribution is 2.26. The second-order valence-corrected chi connectivity index (χ2v) is 5.37. The van der Waals surface area contributed by atoms with E-state index in [1.165, 1.54) is 24.0 Å². The minimum atomic E-state index is 0.391. The van der Waals surface area contributed by atoms with E-state index in [2.05, 4.69) is 52.8 Å². The van der Waals surface area contributed by atoms with Crippen LogP contribution in [-0.2, 0) is 0 Å². The lowest BCUT2D eigenvalue weighted by Crippen LogP contribution is -2.13. The van der Waals surface area contributed by atoms with Gasteiger partial charge in [0.25, 0.3) is 0 Å². The van der Waals surface area contributed by atoms with Crippen molar-refractivity contribution in [1.29, 1.82) is 0 Å². The number of aromatic nitrogens is 2. The third-order valence-corrected chi connectivity index (χ3v) is 4.00. The normalized spacial score (nSPS) is 18.7. The van der Waals surface area contributed by atoms with Crippen LogP contribution in [-0.4, -0.2) is 16.5 Å². The molecule has 0 amide bonds. The van der Waals surface area contributed by atoms with E-state index in [1.807, 2.05) is 6.07 Å². The molecule has 3 heteroatoms. The van der Waals surface area contributed by atoms with E-state index in [4.69, 9.17) is 4.98 Å². The maximum Gasteiger partial charge on any atom is 0.124 e. The molecule has 3 aromatic rings. The highest BCUT2D eigenvalue weighted by molar-refractivity contribution is 5.82. The molecule has 2 heterocycles. The van der Waals surface area contributed by atoms with Gasteiger partial charge in [0.2, 0.25) is 0 Å². The third-order valence-electron chi connectivity index (χ3n) is 4.00. The van der Waals surface area contributed by atoms with Crippen LogP contribution in [0.2, 0.25) is 0 Å². The van der Waals surface area contributed by atoms with Crippen LogP contribution in [0.3, 0.4) is 0 Å². The van der Waals surface area contributed by atoms with Crippen molar-refractivity contribution in [3.63, 3.8) is 0 Å². The SMILES string of the molecule is c1ccc(-c2ccc3nc(C4CCCN4)[nH]c3c2)cc1. The van der Waals surface area contributed by atoms with Gasteiger partial charge in [-0.25, -0.2) is 4.98 Å². The van der Waals surface area contributed by atoms with Crippen LogP contribution in [0.4, 0.5) is 0 Å². The Balaban J connectivity index is 1.76. The molecule has 1 aliphatic heterocycles. The molecule has 0 spiro atoms. The average Bonchev–Trinajstić information content (AvgIpc) is 3.16. The van der Waals surface area contributed by atoms with E-state index in [0.717, 1.165) is 23.4 Å². The lowest BCUT2D eigenvalue weighted by molar-refractivity contribution is 0.614. The molecular weight excluding hydrogens is 246 g/mol. The number of hydrogen-bond donors (Lipinski definition) is 2. The Morgan fingerprint density at radius 3 is 2.70 bits per heavy atom. The fraction of sp³-hybridized carbons (Fsp3) is 0.235. The van der Waals surface area contributed by atoms with Gasteiger partial charge in [-0.05, 0) is 42.6 Å². The van der Waals surface area contributed by atoms with E-state index in [-0.39, 0.29) is 0 Å². The molecule has 2 aromatic carbocycles. The predicted molar refractivity (Wildman–Crippen MR) is 81.5 cm³/mol. The van der Waals surface area contributed by atoms with Crippen molar-refractivity contribution in [2.75, 3.05) is 6.54 Å². The molecule has 4 rings (SSSR count). The summed E-state index contributed by atoms with van der Waals surface area (Å²) in [6.45, 7) is 1.09. The number of rotatable bonds is 2. The largest absolute Gasteiger partial charge is 0.341 e. The van der Waals surface area contributed by atoms with E-state index < -0.39 is 0 Å². The Labute approximate surface area is 118 Å². The molecule has 1 fully saturated rings. The average molecular weight is 263 g/mol. The highest BCUT2D eigenvalue weighted by atomic mass is 15.0. The summed E-state index contributed by atoms with van der Waals surface area (Å²) in [7, 11) is 0. The number of aromatic amines is 1. The first-order valence-corrected chi connectivity index (χ1v) is 7.19. The van der Waals surface area contributed by atoms with E-state index in [9.17, 15) is 0 Å². The molecule has 2 N–H and O–H groups in total. The zero-order valence-corrected chi connectivity index (χ0v) is 11.3. The molecule has 0 radical (unpaired) electrons. The minimum absolute atomic E-state index is 0.391. The standard InChI is InChI=1S/C17H17N3/c1-2-5-12(6-3-1)13-8-9-14-16(11-13)20-17(19-14)15-7-4-10-18-15/h1-3,5-6,8-9,11,15,18H,4,7,10H2,(H,19,20). The van der Waals surface area contributed by atoms with Crippen LogP contribution in [0.1, 0.15) is 24.7 Å². The molecule has 3 nitrogen and oxygen atoms in total.